The molecule has 0 heterocycles. The number of allylic oxidation sites excluding steroid dienone is 2. The van der Waals surface area contributed by atoms with Gasteiger partial charge in [0.05, 0.1) is 5.41 Å². The summed E-state index contributed by atoms with van der Waals surface area (Å²) in [5.41, 5.74) is 5.53. The van der Waals surface area contributed by atoms with E-state index in [0.29, 0.717) is 0 Å². The first kappa shape index (κ1) is 18.7. The summed E-state index contributed by atoms with van der Waals surface area (Å²) in [6, 6.07) is 42.4. The molecular weight excluding hydrogens is 348 g/mol. The van der Waals surface area contributed by atoms with Gasteiger partial charge in [-0.3, -0.25) is 0 Å². The predicted molar refractivity (Wildman–Crippen MR) is 124 cm³/mol. The Kier molecular flexibility index (Phi) is 5.54. The zero-order valence-corrected chi connectivity index (χ0v) is 16.4. The maximum atomic E-state index is 4.28. The largest absolute Gasteiger partial charge is 0.102 e. The maximum Gasteiger partial charge on any atom is 0.0569 e. The molecule has 0 saturated heterocycles. The molecule has 0 N–H and O–H groups in total. The zero-order chi connectivity index (χ0) is 19.9. The molecule has 0 unspecified atom stereocenters. The smallest absolute Gasteiger partial charge is 0.0569 e. The molecule has 29 heavy (non-hydrogen) atoms. The van der Waals surface area contributed by atoms with Crippen LogP contribution >= 0.6 is 0 Å². The van der Waals surface area contributed by atoms with Gasteiger partial charge in [-0.25, -0.2) is 0 Å². The minimum Gasteiger partial charge on any atom is -0.102 e. The molecule has 0 spiro atoms. The molecule has 0 fully saturated rings. The van der Waals surface area contributed by atoms with Crippen LogP contribution in [0.25, 0.3) is 5.57 Å². The first-order valence-corrected chi connectivity index (χ1v) is 9.92. The summed E-state index contributed by atoms with van der Waals surface area (Å²) in [6.45, 7) is 4.28. The molecule has 0 atom stereocenters. The van der Waals surface area contributed by atoms with E-state index in [1.54, 1.807) is 0 Å². The first-order chi connectivity index (χ1) is 14.3. The topological polar surface area (TPSA) is 0 Å². The SMILES string of the molecule is C=CC(C=C(c1ccccc1)c1ccccc1)(c1ccccc1)c1ccccc1. The van der Waals surface area contributed by atoms with Gasteiger partial charge in [-0.1, -0.05) is 133 Å². The number of rotatable bonds is 6. The van der Waals surface area contributed by atoms with E-state index in [-0.39, 0.29) is 0 Å². The van der Waals surface area contributed by atoms with E-state index < -0.39 is 5.41 Å². The van der Waals surface area contributed by atoms with Crippen molar-refractivity contribution in [2.45, 2.75) is 5.41 Å². The number of hydrogen-bond donors (Lipinski definition) is 0. The van der Waals surface area contributed by atoms with Crippen LogP contribution in [0.1, 0.15) is 22.3 Å². The highest BCUT2D eigenvalue weighted by atomic mass is 14.3. The highest BCUT2D eigenvalue weighted by Gasteiger charge is 2.29. The van der Waals surface area contributed by atoms with Gasteiger partial charge in [0.15, 0.2) is 0 Å². The maximum absolute atomic E-state index is 4.28. The summed E-state index contributed by atoms with van der Waals surface area (Å²) in [5, 5.41) is 0. The van der Waals surface area contributed by atoms with Crippen LogP contribution in [0.4, 0.5) is 0 Å². The van der Waals surface area contributed by atoms with Crippen molar-refractivity contribution in [2.75, 3.05) is 0 Å². The summed E-state index contributed by atoms with van der Waals surface area (Å²) in [4.78, 5) is 0. The average Bonchev–Trinajstić information content (AvgIpc) is 2.82. The minimum atomic E-state index is -0.441. The van der Waals surface area contributed by atoms with Crippen molar-refractivity contribution < 1.29 is 0 Å². The summed E-state index contributed by atoms with van der Waals surface area (Å²) in [7, 11) is 0. The van der Waals surface area contributed by atoms with E-state index in [2.05, 4.69) is 140 Å². The van der Waals surface area contributed by atoms with Crippen LogP contribution in [0, 0.1) is 0 Å². The Morgan fingerprint density at radius 2 is 0.862 bits per heavy atom. The van der Waals surface area contributed by atoms with E-state index in [4.69, 9.17) is 0 Å². The van der Waals surface area contributed by atoms with Crippen molar-refractivity contribution in [1.29, 1.82) is 0 Å². The first-order valence-electron chi connectivity index (χ1n) is 9.92. The third-order valence-corrected chi connectivity index (χ3v) is 5.37. The highest BCUT2D eigenvalue weighted by Crippen LogP contribution is 2.39. The van der Waals surface area contributed by atoms with Crippen LogP contribution in [0.3, 0.4) is 0 Å². The minimum absolute atomic E-state index is 0.441. The summed E-state index contributed by atoms with van der Waals surface area (Å²) < 4.78 is 0. The third kappa shape index (κ3) is 3.83. The van der Waals surface area contributed by atoms with Gasteiger partial charge in [0.25, 0.3) is 0 Å². The van der Waals surface area contributed by atoms with Gasteiger partial charge in [-0.05, 0) is 27.8 Å². The molecular formula is C29H24. The van der Waals surface area contributed by atoms with Gasteiger partial charge in [0.2, 0.25) is 0 Å². The lowest BCUT2D eigenvalue weighted by molar-refractivity contribution is 0.819. The molecule has 4 aromatic carbocycles. The molecule has 4 rings (SSSR count). The second-order valence-corrected chi connectivity index (χ2v) is 7.10. The quantitative estimate of drug-likeness (QED) is 0.312. The van der Waals surface area contributed by atoms with Gasteiger partial charge in [0, 0.05) is 0 Å². The Morgan fingerprint density at radius 1 is 0.517 bits per heavy atom. The normalized spacial score (nSPS) is 10.9. The molecule has 0 aliphatic rings. The fourth-order valence-electron chi connectivity index (χ4n) is 3.85. The Hall–Kier alpha value is -3.64. The molecule has 0 amide bonds. The van der Waals surface area contributed by atoms with Crippen molar-refractivity contribution in [3.05, 3.63) is 162 Å². The fourth-order valence-corrected chi connectivity index (χ4v) is 3.85. The van der Waals surface area contributed by atoms with E-state index >= 15 is 0 Å². The molecule has 0 heteroatoms. The van der Waals surface area contributed by atoms with Gasteiger partial charge in [0.1, 0.15) is 0 Å². The summed E-state index contributed by atoms with van der Waals surface area (Å²) >= 11 is 0. The van der Waals surface area contributed by atoms with E-state index in [1.807, 2.05) is 0 Å². The molecule has 0 aromatic heterocycles. The molecule has 0 saturated carbocycles. The second kappa shape index (κ2) is 8.58. The Labute approximate surface area is 173 Å². The summed E-state index contributed by atoms with van der Waals surface area (Å²) in [5.74, 6) is 0. The van der Waals surface area contributed by atoms with Crippen LogP contribution in [0.15, 0.2) is 140 Å². The van der Waals surface area contributed by atoms with Crippen LogP contribution in [0.2, 0.25) is 0 Å². The molecule has 0 nitrogen and oxygen atoms in total. The van der Waals surface area contributed by atoms with Gasteiger partial charge < -0.3 is 0 Å². The molecule has 0 radical (unpaired) electrons. The predicted octanol–water partition coefficient (Wildman–Crippen LogP) is 7.29. The van der Waals surface area contributed by atoms with Crippen LogP contribution in [-0.2, 0) is 5.41 Å². The van der Waals surface area contributed by atoms with E-state index in [9.17, 15) is 0 Å². The van der Waals surface area contributed by atoms with Gasteiger partial charge >= 0.3 is 0 Å². The fraction of sp³-hybridized carbons (Fsp3) is 0.0345. The van der Waals surface area contributed by atoms with Crippen molar-refractivity contribution >= 4 is 5.57 Å². The van der Waals surface area contributed by atoms with Crippen LogP contribution in [0.5, 0.6) is 0 Å². The lowest BCUT2D eigenvalue weighted by Crippen LogP contribution is -2.23. The van der Waals surface area contributed by atoms with Crippen LogP contribution < -0.4 is 0 Å². The standard InChI is InChI=1S/C29H24/c1-2-29(26-19-11-5-12-20-26,27-21-13-6-14-22-27)23-28(24-15-7-3-8-16-24)25-17-9-4-10-18-25/h2-23H,1H2. The average molecular weight is 373 g/mol. The van der Waals surface area contributed by atoms with Gasteiger partial charge in [-0.2, -0.15) is 0 Å². The Bertz CT molecular complexity index is 995. The van der Waals surface area contributed by atoms with Crippen LogP contribution in [-0.4, -0.2) is 0 Å². The summed E-state index contributed by atoms with van der Waals surface area (Å²) in [6.07, 6.45) is 4.42. The number of benzene rings is 4. The third-order valence-electron chi connectivity index (χ3n) is 5.37. The highest BCUT2D eigenvalue weighted by molar-refractivity contribution is 5.82. The molecule has 140 valence electrons. The van der Waals surface area contributed by atoms with Gasteiger partial charge in [-0.15, -0.1) is 6.58 Å². The lowest BCUT2D eigenvalue weighted by Gasteiger charge is -2.30. The zero-order valence-electron chi connectivity index (χ0n) is 16.4. The monoisotopic (exact) mass is 372 g/mol. The Morgan fingerprint density at radius 3 is 1.21 bits per heavy atom. The molecule has 0 aliphatic heterocycles. The molecule has 0 aliphatic carbocycles. The lowest BCUT2D eigenvalue weighted by atomic mass is 9.72. The van der Waals surface area contributed by atoms with Crippen molar-refractivity contribution in [1.82, 2.24) is 0 Å². The second-order valence-electron chi connectivity index (χ2n) is 7.10. The molecule has 4 aromatic rings. The van der Waals surface area contributed by atoms with E-state index in [1.165, 1.54) is 27.8 Å². The van der Waals surface area contributed by atoms with Crippen molar-refractivity contribution in [2.24, 2.45) is 0 Å². The Balaban J connectivity index is 2.03. The molecule has 0 bridgehead atoms. The number of hydrogen-bond acceptors (Lipinski definition) is 0. The van der Waals surface area contributed by atoms with Crippen molar-refractivity contribution in [3.8, 4) is 0 Å². The van der Waals surface area contributed by atoms with Crippen molar-refractivity contribution in [3.63, 3.8) is 0 Å². The van der Waals surface area contributed by atoms with E-state index in [0.717, 1.165) is 0 Å².